The van der Waals surface area contributed by atoms with Gasteiger partial charge >= 0.3 is 0 Å². The van der Waals surface area contributed by atoms with E-state index in [9.17, 15) is 18.0 Å². The summed E-state index contributed by atoms with van der Waals surface area (Å²) in [6.07, 6.45) is 1.10. The largest absolute Gasteiger partial charge is 0.366 e. The minimum atomic E-state index is -3.36. The molecule has 8 heteroatoms. The fraction of sp³-hybridized carbons (Fsp3) is 0.125. The minimum absolute atomic E-state index is 0.290. The summed E-state index contributed by atoms with van der Waals surface area (Å²) < 4.78 is 24.1. The number of rotatable bonds is 5. The Morgan fingerprint density at radius 1 is 1.04 bits per heavy atom. The van der Waals surface area contributed by atoms with E-state index < -0.39 is 15.9 Å². The number of primary amides is 1. The van der Waals surface area contributed by atoms with Crippen LogP contribution in [-0.4, -0.2) is 33.5 Å². The Hall–Kier alpha value is -2.87. The Labute approximate surface area is 140 Å². The van der Waals surface area contributed by atoms with Crippen molar-refractivity contribution in [1.29, 1.82) is 0 Å². The van der Waals surface area contributed by atoms with E-state index in [1.54, 1.807) is 18.2 Å². The minimum Gasteiger partial charge on any atom is -0.366 e. The first-order chi connectivity index (χ1) is 11.2. The van der Waals surface area contributed by atoms with E-state index in [1.165, 1.54) is 37.4 Å². The van der Waals surface area contributed by atoms with Crippen LogP contribution in [0.25, 0.3) is 0 Å². The molecule has 0 bridgehead atoms. The molecule has 0 unspecified atom stereocenters. The molecule has 0 heterocycles. The average Bonchev–Trinajstić information content (AvgIpc) is 2.53. The Morgan fingerprint density at radius 3 is 2.21 bits per heavy atom. The zero-order valence-electron chi connectivity index (χ0n) is 13.2. The first kappa shape index (κ1) is 17.5. The van der Waals surface area contributed by atoms with Gasteiger partial charge in [0.1, 0.15) is 0 Å². The van der Waals surface area contributed by atoms with Gasteiger partial charge in [0, 0.05) is 23.9 Å². The van der Waals surface area contributed by atoms with Crippen LogP contribution in [0.2, 0.25) is 0 Å². The van der Waals surface area contributed by atoms with Crippen LogP contribution in [0.3, 0.4) is 0 Å². The molecule has 0 radical (unpaired) electrons. The fourth-order valence-electron chi connectivity index (χ4n) is 1.97. The van der Waals surface area contributed by atoms with Gasteiger partial charge in [0.15, 0.2) is 0 Å². The summed E-state index contributed by atoms with van der Waals surface area (Å²) in [7, 11) is -1.93. The number of hydrogen-bond donors (Lipinski definition) is 2. The second-order valence-corrected chi connectivity index (χ2v) is 7.19. The van der Waals surface area contributed by atoms with E-state index in [4.69, 9.17) is 5.73 Å². The summed E-state index contributed by atoms with van der Waals surface area (Å²) in [5, 5.41) is 2.65. The van der Waals surface area contributed by atoms with Gasteiger partial charge in [-0.2, -0.15) is 0 Å². The number of nitrogens with one attached hydrogen (secondary N) is 1. The number of hydrogen-bond acceptors (Lipinski definition) is 4. The molecule has 0 aliphatic heterocycles. The van der Waals surface area contributed by atoms with Gasteiger partial charge < -0.3 is 11.1 Å². The number of anilines is 2. The van der Waals surface area contributed by atoms with Crippen LogP contribution in [0.1, 0.15) is 20.7 Å². The molecule has 0 aliphatic carbocycles. The quantitative estimate of drug-likeness (QED) is 0.852. The third-order valence-corrected chi connectivity index (χ3v) is 4.60. The summed E-state index contributed by atoms with van der Waals surface area (Å²) in [5.41, 5.74) is 6.73. The van der Waals surface area contributed by atoms with Crippen molar-refractivity contribution in [3.05, 3.63) is 59.7 Å². The molecule has 24 heavy (non-hydrogen) atoms. The zero-order chi connectivity index (χ0) is 17.9. The number of benzene rings is 2. The van der Waals surface area contributed by atoms with Gasteiger partial charge in [-0.25, -0.2) is 8.42 Å². The molecule has 2 aromatic carbocycles. The van der Waals surface area contributed by atoms with E-state index in [0.29, 0.717) is 16.9 Å². The van der Waals surface area contributed by atoms with Gasteiger partial charge in [-0.05, 0) is 42.5 Å². The van der Waals surface area contributed by atoms with Gasteiger partial charge in [-0.15, -0.1) is 0 Å². The third kappa shape index (κ3) is 4.11. The lowest BCUT2D eigenvalue weighted by Crippen LogP contribution is -2.24. The molecule has 126 valence electrons. The number of carbonyl (C=O) groups excluding carboxylic acids is 2. The molecule has 0 fully saturated rings. The zero-order valence-corrected chi connectivity index (χ0v) is 14.0. The van der Waals surface area contributed by atoms with Crippen molar-refractivity contribution in [3.63, 3.8) is 0 Å². The van der Waals surface area contributed by atoms with Crippen LogP contribution in [0.4, 0.5) is 11.4 Å². The smallest absolute Gasteiger partial charge is 0.255 e. The number of nitrogens with two attached hydrogens (primary N) is 1. The molecule has 2 amide bonds. The first-order valence-corrected chi connectivity index (χ1v) is 8.78. The molecular weight excluding hydrogens is 330 g/mol. The molecule has 0 aromatic heterocycles. The maximum Gasteiger partial charge on any atom is 0.255 e. The lowest BCUT2D eigenvalue weighted by atomic mass is 10.1. The molecule has 0 spiro atoms. The van der Waals surface area contributed by atoms with E-state index in [0.717, 1.165) is 10.6 Å². The third-order valence-electron chi connectivity index (χ3n) is 3.40. The molecule has 0 aliphatic rings. The maximum atomic E-state index is 12.2. The van der Waals surface area contributed by atoms with Gasteiger partial charge in [-0.1, -0.05) is 6.07 Å². The highest BCUT2D eigenvalue weighted by atomic mass is 32.2. The van der Waals surface area contributed by atoms with Crippen molar-refractivity contribution in [2.75, 3.05) is 22.9 Å². The molecule has 0 saturated carbocycles. The Kier molecular flexibility index (Phi) is 4.89. The standard InChI is InChI=1S/C16H17N3O4S/c1-19(24(2,22)23)14-8-6-11(7-9-14)16(21)18-13-5-3-4-12(10-13)15(17)20/h3-10H,1-2H3,(H2,17,20)(H,18,21). The second-order valence-electron chi connectivity index (χ2n) is 5.18. The topological polar surface area (TPSA) is 110 Å². The van der Waals surface area contributed by atoms with Crippen molar-refractivity contribution in [2.24, 2.45) is 5.73 Å². The molecule has 2 aromatic rings. The van der Waals surface area contributed by atoms with Crippen molar-refractivity contribution in [1.82, 2.24) is 0 Å². The summed E-state index contributed by atoms with van der Waals surface area (Å²) >= 11 is 0. The van der Waals surface area contributed by atoms with Crippen LogP contribution in [0.15, 0.2) is 48.5 Å². The molecule has 0 saturated heterocycles. The van der Waals surface area contributed by atoms with Crippen molar-refractivity contribution in [3.8, 4) is 0 Å². The predicted molar refractivity (Wildman–Crippen MR) is 92.6 cm³/mol. The van der Waals surface area contributed by atoms with Crippen molar-refractivity contribution < 1.29 is 18.0 Å². The summed E-state index contributed by atoms with van der Waals surface area (Å²) in [5.74, 6) is -0.968. The van der Waals surface area contributed by atoms with Crippen LogP contribution in [-0.2, 0) is 10.0 Å². The van der Waals surface area contributed by atoms with Crippen molar-refractivity contribution >= 4 is 33.2 Å². The maximum absolute atomic E-state index is 12.2. The molecule has 3 N–H and O–H groups in total. The predicted octanol–water partition coefficient (Wildman–Crippen LogP) is 1.43. The summed E-state index contributed by atoms with van der Waals surface area (Å²) in [6, 6.07) is 12.4. The molecular formula is C16H17N3O4S. The average molecular weight is 347 g/mol. The highest BCUT2D eigenvalue weighted by molar-refractivity contribution is 7.92. The first-order valence-electron chi connectivity index (χ1n) is 6.93. The van der Waals surface area contributed by atoms with Gasteiger partial charge in [0.05, 0.1) is 11.9 Å². The molecule has 0 atom stereocenters. The van der Waals surface area contributed by atoms with Crippen LogP contribution >= 0.6 is 0 Å². The second kappa shape index (κ2) is 6.71. The summed E-state index contributed by atoms with van der Waals surface area (Å²) in [4.78, 5) is 23.4. The monoisotopic (exact) mass is 347 g/mol. The van der Waals surface area contributed by atoms with Crippen LogP contribution in [0.5, 0.6) is 0 Å². The van der Waals surface area contributed by atoms with Gasteiger partial charge in [0.25, 0.3) is 5.91 Å². The lowest BCUT2D eigenvalue weighted by molar-refractivity contribution is 0.0996. The number of carbonyl (C=O) groups is 2. The van der Waals surface area contributed by atoms with E-state index in [1.807, 2.05) is 0 Å². The van der Waals surface area contributed by atoms with Gasteiger partial charge in [0.2, 0.25) is 15.9 Å². The highest BCUT2D eigenvalue weighted by Gasteiger charge is 2.13. The van der Waals surface area contributed by atoms with E-state index in [2.05, 4.69) is 5.32 Å². The number of sulfonamides is 1. The van der Waals surface area contributed by atoms with E-state index in [-0.39, 0.29) is 11.5 Å². The van der Waals surface area contributed by atoms with Crippen LogP contribution in [0, 0.1) is 0 Å². The summed E-state index contributed by atoms with van der Waals surface area (Å²) in [6.45, 7) is 0. The normalized spacial score (nSPS) is 10.9. The fourth-order valence-corrected chi connectivity index (χ4v) is 2.47. The van der Waals surface area contributed by atoms with Gasteiger partial charge in [-0.3, -0.25) is 13.9 Å². The Morgan fingerprint density at radius 2 is 1.67 bits per heavy atom. The molecule has 7 nitrogen and oxygen atoms in total. The Bertz CT molecular complexity index is 876. The molecule has 2 rings (SSSR count). The van der Waals surface area contributed by atoms with Crippen LogP contribution < -0.4 is 15.4 Å². The highest BCUT2D eigenvalue weighted by Crippen LogP contribution is 2.17. The number of amides is 2. The van der Waals surface area contributed by atoms with E-state index >= 15 is 0 Å². The SMILES string of the molecule is CN(c1ccc(C(=O)Nc2cccc(C(N)=O)c2)cc1)S(C)(=O)=O. The Balaban J connectivity index is 2.16. The van der Waals surface area contributed by atoms with Crippen molar-refractivity contribution in [2.45, 2.75) is 0 Å². The lowest BCUT2D eigenvalue weighted by Gasteiger charge is -2.16. The number of nitrogens with zero attached hydrogens (tertiary/aromatic N) is 1.